The Labute approximate surface area is 81.2 Å². The predicted molar refractivity (Wildman–Crippen MR) is 54.3 cm³/mol. The monoisotopic (exact) mass is 206 g/mol. The molecule has 1 aliphatic heterocycles. The molecule has 1 fully saturated rings. The zero-order chi connectivity index (χ0) is 8.97. The fourth-order valence-electron chi connectivity index (χ4n) is 0.724. The van der Waals surface area contributed by atoms with Gasteiger partial charge in [-0.1, -0.05) is 35.4 Å². The molecule has 0 saturated carbocycles. The van der Waals surface area contributed by atoms with E-state index in [-0.39, 0.29) is 11.9 Å². The van der Waals surface area contributed by atoms with Crippen LogP contribution in [-0.2, 0) is 9.53 Å². The second-order valence-electron chi connectivity index (χ2n) is 2.94. The molecule has 0 aromatic heterocycles. The van der Waals surface area contributed by atoms with Crippen LogP contribution in [0.2, 0.25) is 0 Å². The molecule has 0 aromatic carbocycles. The second-order valence-corrected chi connectivity index (χ2v) is 5.65. The summed E-state index contributed by atoms with van der Waals surface area (Å²) < 4.78 is 5.13. The number of esters is 1. The first-order valence-corrected chi connectivity index (χ1v) is 6.57. The SMILES string of the molecule is CCC(C)C(=O)OCC1CSS1. The van der Waals surface area contributed by atoms with Gasteiger partial charge in [0.1, 0.15) is 6.61 Å². The Kier molecular flexibility index (Phi) is 4.29. The summed E-state index contributed by atoms with van der Waals surface area (Å²) in [4.78, 5) is 11.2. The molecule has 0 aromatic rings. The third kappa shape index (κ3) is 2.90. The van der Waals surface area contributed by atoms with Crippen LogP contribution in [0.5, 0.6) is 0 Å². The van der Waals surface area contributed by atoms with Gasteiger partial charge in [0, 0.05) is 5.75 Å². The summed E-state index contributed by atoms with van der Waals surface area (Å²) in [5.41, 5.74) is 0. The van der Waals surface area contributed by atoms with Crippen molar-refractivity contribution in [3.05, 3.63) is 0 Å². The molecule has 2 nitrogen and oxygen atoms in total. The third-order valence-electron chi connectivity index (χ3n) is 1.88. The van der Waals surface area contributed by atoms with Gasteiger partial charge in [-0.3, -0.25) is 4.79 Å². The molecule has 12 heavy (non-hydrogen) atoms. The normalized spacial score (nSPS) is 24.3. The molecule has 4 heteroatoms. The van der Waals surface area contributed by atoms with Gasteiger partial charge in [0.05, 0.1) is 11.2 Å². The molecule has 0 amide bonds. The van der Waals surface area contributed by atoms with Crippen molar-refractivity contribution in [2.75, 3.05) is 12.4 Å². The lowest BCUT2D eigenvalue weighted by molar-refractivity contribution is -0.147. The minimum atomic E-state index is -0.0463. The molecule has 2 atom stereocenters. The molecule has 1 heterocycles. The quantitative estimate of drug-likeness (QED) is 0.521. The number of carbonyl (C=O) groups excluding carboxylic acids is 1. The molecule has 0 radical (unpaired) electrons. The van der Waals surface area contributed by atoms with Crippen molar-refractivity contribution in [2.24, 2.45) is 5.92 Å². The Morgan fingerprint density at radius 1 is 1.75 bits per heavy atom. The summed E-state index contributed by atoms with van der Waals surface area (Å²) in [6.45, 7) is 4.51. The van der Waals surface area contributed by atoms with Gasteiger partial charge >= 0.3 is 5.97 Å². The smallest absolute Gasteiger partial charge is 0.308 e. The van der Waals surface area contributed by atoms with E-state index < -0.39 is 0 Å². The van der Waals surface area contributed by atoms with Crippen molar-refractivity contribution in [3.63, 3.8) is 0 Å². The van der Waals surface area contributed by atoms with E-state index in [0.717, 1.165) is 12.2 Å². The van der Waals surface area contributed by atoms with Gasteiger partial charge in [0.2, 0.25) is 0 Å². The van der Waals surface area contributed by atoms with E-state index >= 15 is 0 Å². The molecule has 0 N–H and O–H groups in total. The fourth-order valence-corrected chi connectivity index (χ4v) is 2.42. The topological polar surface area (TPSA) is 26.3 Å². The Balaban J connectivity index is 2.08. The van der Waals surface area contributed by atoms with Crippen molar-refractivity contribution >= 4 is 27.6 Å². The summed E-state index contributed by atoms with van der Waals surface area (Å²) in [5, 5.41) is 0.544. The van der Waals surface area contributed by atoms with Crippen LogP contribution in [0.1, 0.15) is 20.3 Å². The van der Waals surface area contributed by atoms with Crippen LogP contribution in [0.3, 0.4) is 0 Å². The number of hydrogen-bond donors (Lipinski definition) is 0. The van der Waals surface area contributed by atoms with Crippen LogP contribution in [0.25, 0.3) is 0 Å². The molecule has 0 aliphatic carbocycles. The van der Waals surface area contributed by atoms with Gasteiger partial charge in [-0.05, 0) is 6.42 Å². The Morgan fingerprint density at radius 3 is 2.83 bits per heavy atom. The molecular formula is C8H14O2S2. The van der Waals surface area contributed by atoms with Crippen LogP contribution in [0, 0.1) is 5.92 Å². The van der Waals surface area contributed by atoms with Crippen molar-refractivity contribution in [3.8, 4) is 0 Å². The standard InChI is InChI=1S/C8H14O2S2/c1-3-6(2)8(9)10-4-7-5-11-12-7/h6-7H,3-5H2,1-2H3. The number of ether oxygens (including phenoxy) is 1. The average Bonchev–Trinajstić information content (AvgIpc) is 2.00. The number of hydrogen-bond acceptors (Lipinski definition) is 4. The molecule has 1 aliphatic rings. The lowest BCUT2D eigenvalue weighted by Crippen LogP contribution is -2.24. The fraction of sp³-hybridized carbons (Fsp3) is 0.875. The first kappa shape index (κ1) is 10.3. The summed E-state index contributed by atoms with van der Waals surface area (Å²) >= 11 is 0. The summed E-state index contributed by atoms with van der Waals surface area (Å²) in [5.74, 6) is 1.14. The molecule has 1 rings (SSSR count). The van der Waals surface area contributed by atoms with Gasteiger partial charge < -0.3 is 4.74 Å². The molecule has 0 spiro atoms. The first-order valence-electron chi connectivity index (χ1n) is 4.19. The maximum absolute atomic E-state index is 11.2. The van der Waals surface area contributed by atoms with Crippen LogP contribution < -0.4 is 0 Å². The van der Waals surface area contributed by atoms with Gasteiger partial charge in [-0.15, -0.1) is 0 Å². The van der Waals surface area contributed by atoms with Crippen molar-refractivity contribution in [1.82, 2.24) is 0 Å². The van der Waals surface area contributed by atoms with Gasteiger partial charge in [0.15, 0.2) is 0 Å². The minimum absolute atomic E-state index is 0.0463. The maximum Gasteiger partial charge on any atom is 0.308 e. The van der Waals surface area contributed by atoms with Crippen molar-refractivity contribution < 1.29 is 9.53 Å². The van der Waals surface area contributed by atoms with E-state index in [1.807, 2.05) is 24.6 Å². The molecule has 70 valence electrons. The lowest BCUT2D eigenvalue weighted by atomic mass is 10.1. The summed E-state index contributed by atoms with van der Waals surface area (Å²) in [7, 11) is 3.64. The largest absolute Gasteiger partial charge is 0.464 e. The summed E-state index contributed by atoms with van der Waals surface area (Å²) in [6, 6.07) is 0. The maximum atomic E-state index is 11.2. The van der Waals surface area contributed by atoms with Gasteiger partial charge in [-0.25, -0.2) is 0 Å². The van der Waals surface area contributed by atoms with E-state index in [1.54, 1.807) is 10.8 Å². The highest BCUT2D eigenvalue weighted by Gasteiger charge is 2.22. The Hall–Kier alpha value is 0.170. The minimum Gasteiger partial charge on any atom is -0.464 e. The van der Waals surface area contributed by atoms with Crippen molar-refractivity contribution in [1.29, 1.82) is 0 Å². The summed E-state index contributed by atoms with van der Waals surface area (Å²) in [6.07, 6.45) is 0.866. The van der Waals surface area contributed by atoms with E-state index in [4.69, 9.17) is 4.74 Å². The highest BCUT2D eigenvalue weighted by molar-refractivity contribution is 8.79. The van der Waals surface area contributed by atoms with E-state index in [9.17, 15) is 4.79 Å². The molecule has 2 unspecified atom stereocenters. The highest BCUT2D eigenvalue weighted by Crippen LogP contribution is 2.40. The van der Waals surface area contributed by atoms with Crippen LogP contribution in [0.15, 0.2) is 0 Å². The van der Waals surface area contributed by atoms with Crippen LogP contribution in [0.4, 0.5) is 0 Å². The predicted octanol–water partition coefficient (Wildman–Crippen LogP) is 2.34. The Morgan fingerprint density at radius 2 is 2.42 bits per heavy atom. The highest BCUT2D eigenvalue weighted by atomic mass is 33.1. The average molecular weight is 206 g/mol. The number of rotatable bonds is 4. The van der Waals surface area contributed by atoms with Crippen molar-refractivity contribution in [2.45, 2.75) is 25.5 Å². The molecule has 0 bridgehead atoms. The third-order valence-corrected chi connectivity index (χ3v) is 4.98. The Bertz CT molecular complexity index is 157. The van der Waals surface area contributed by atoms with E-state index in [1.165, 1.54) is 0 Å². The van der Waals surface area contributed by atoms with Crippen LogP contribution >= 0.6 is 21.6 Å². The number of carbonyl (C=O) groups is 1. The second kappa shape index (κ2) is 5.02. The zero-order valence-electron chi connectivity index (χ0n) is 7.41. The lowest BCUT2D eigenvalue weighted by Gasteiger charge is -2.23. The van der Waals surface area contributed by atoms with E-state index in [2.05, 4.69) is 0 Å². The van der Waals surface area contributed by atoms with Gasteiger partial charge in [0.25, 0.3) is 0 Å². The van der Waals surface area contributed by atoms with Gasteiger partial charge in [-0.2, -0.15) is 0 Å². The van der Waals surface area contributed by atoms with E-state index in [0.29, 0.717) is 11.9 Å². The van der Waals surface area contributed by atoms with Crippen LogP contribution in [-0.4, -0.2) is 23.6 Å². The zero-order valence-corrected chi connectivity index (χ0v) is 9.04. The molecular weight excluding hydrogens is 192 g/mol. The first-order chi connectivity index (χ1) is 5.74. The molecule has 1 saturated heterocycles.